The Morgan fingerprint density at radius 2 is 1.72 bits per heavy atom. The van der Waals surface area contributed by atoms with Gasteiger partial charge in [0.1, 0.15) is 17.8 Å². The third-order valence-corrected chi connectivity index (χ3v) is 6.10. The summed E-state index contributed by atoms with van der Waals surface area (Å²) < 4.78 is 24.8. The number of ether oxygens (including phenoxy) is 3. The van der Waals surface area contributed by atoms with Crippen LogP contribution in [-0.2, 0) is 23.4 Å². The number of rotatable bonds is 10. The normalized spacial score (nSPS) is 22.8. The minimum Gasteiger partial charge on any atom is -0.457 e. The minimum absolute atomic E-state index is 0.0419. The molecule has 0 saturated carbocycles. The van der Waals surface area contributed by atoms with Crippen LogP contribution < -0.4 is 0 Å². The molecule has 0 aromatic rings. The summed E-state index contributed by atoms with van der Waals surface area (Å²) in [6.45, 7) is 19.4. The van der Waals surface area contributed by atoms with E-state index in [1.54, 1.807) is 26.8 Å². The molecular formula is C23H43NO7Si. The minimum atomic E-state index is -1.42. The summed E-state index contributed by atoms with van der Waals surface area (Å²) in [6.07, 6.45) is 1.61. The van der Waals surface area contributed by atoms with Gasteiger partial charge in [-0.1, -0.05) is 34.6 Å². The number of hydrogen-bond donors (Lipinski definition) is 0. The second-order valence-electron chi connectivity index (χ2n) is 10.8. The van der Waals surface area contributed by atoms with Crippen LogP contribution in [0.25, 0.3) is 0 Å². The fourth-order valence-electron chi connectivity index (χ4n) is 3.68. The van der Waals surface area contributed by atoms with Gasteiger partial charge < -0.3 is 18.6 Å². The molecule has 0 amide bonds. The molecule has 0 bridgehead atoms. The summed E-state index contributed by atoms with van der Waals surface area (Å²) in [5.41, 5.74) is -0.719. The quantitative estimate of drug-likeness (QED) is 0.150. The van der Waals surface area contributed by atoms with Crippen LogP contribution in [-0.4, -0.2) is 56.2 Å². The Morgan fingerprint density at radius 1 is 1.16 bits per heavy atom. The van der Waals surface area contributed by atoms with Gasteiger partial charge in [-0.2, -0.15) is 0 Å². The highest BCUT2D eigenvalue weighted by Gasteiger charge is 2.51. The molecule has 32 heavy (non-hydrogen) atoms. The number of esters is 1. The van der Waals surface area contributed by atoms with Crippen molar-refractivity contribution in [2.45, 2.75) is 117 Å². The molecule has 3 unspecified atom stereocenters. The number of carbonyl (C=O) groups excluding carboxylic acids is 1. The van der Waals surface area contributed by atoms with E-state index < -0.39 is 43.5 Å². The van der Waals surface area contributed by atoms with E-state index in [2.05, 4.69) is 33.9 Å². The first-order chi connectivity index (χ1) is 14.5. The predicted molar refractivity (Wildman–Crippen MR) is 127 cm³/mol. The van der Waals surface area contributed by atoms with Crippen molar-refractivity contribution in [3.8, 4) is 0 Å². The fraction of sp³-hybridized carbons (Fsp3) is 0.870. The Balaban J connectivity index is 3.45. The van der Waals surface area contributed by atoms with Crippen LogP contribution in [0, 0.1) is 15.5 Å². The molecular weight excluding hydrogens is 430 g/mol. The monoisotopic (exact) mass is 473 g/mol. The molecule has 1 heterocycles. The predicted octanol–water partition coefficient (Wildman–Crippen LogP) is 4.64. The number of nitrogens with zero attached hydrogens (tertiary/aromatic N) is 1. The third kappa shape index (κ3) is 8.57. The topological polar surface area (TPSA) is 97.1 Å². The zero-order valence-electron chi connectivity index (χ0n) is 21.5. The molecule has 8 nitrogen and oxygen atoms in total. The van der Waals surface area contributed by atoms with Crippen molar-refractivity contribution < 1.29 is 28.4 Å². The zero-order chi connectivity index (χ0) is 24.9. The highest BCUT2D eigenvalue weighted by molar-refractivity contribution is 6.48. The number of nitro groups is 1. The van der Waals surface area contributed by atoms with Crippen LogP contribution in [0.3, 0.4) is 0 Å². The second kappa shape index (κ2) is 11.2. The van der Waals surface area contributed by atoms with Crippen molar-refractivity contribution in [1.82, 2.24) is 0 Å². The Kier molecular flexibility index (Phi) is 10.1. The van der Waals surface area contributed by atoms with E-state index in [1.807, 2.05) is 13.8 Å². The van der Waals surface area contributed by atoms with Crippen LogP contribution in [0.4, 0.5) is 0 Å². The van der Waals surface area contributed by atoms with Gasteiger partial charge in [0.2, 0.25) is 6.54 Å². The van der Waals surface area contributed by atoms with Crippen molar-refractivity contribution in [3.05, 3.63) is 21.8 Å². The fourth-order valence-corrected chi connectivity index (χ4v) is 4.83. The molecule has 0 radical (unpaired) electrons. The number of hydrogen-bond acceptors (Lipinski definition) is 7. The lowest BCUT2D eigenvalue weighted by molar-refractivity contribution is -0.479. The molecule has 3 atom stereocenters. The first-order valence-electron chi connectivity index (χ1n) is 11.6. The average molecular weight is 474 g/mol. The summed E-state index contributed by atoms with van der Waals surface area (Å²) in [4.78, 5) is 23.5. The smallest absolute Gasteiger partial charge is 0.334 e. The SMILES string of the molecule is CCC1(CC)OC(C=C(CC[N+](=O)[O-])C(=O)OC(C)(C)C)C(C(O[SiH](C)C)C(C)(C)C)O1. The molecule has 0 aromatic heterocycles. The van der Waals surface area contributed by atoms with Gasteiger partial charge in [-0.25, -0.2) is 4.79 Å². The molecule has 9 heteroatoms. The van der Waals surface area contributed by atoms with Gasteiger partial charge in [0.05, 0.1) is 6.10 Å². The molecule has 0 aromatic carbocycles. The molecule has 1 aliphatic heterocycles. The molecule has 0 aliphatic carbocycles. The van der Waals surface area contributed by atoms with Gasteiger partial charge >= 0.3 is 5.97 Å². The second-order valence-corrected chi connectivity index (χ2v) is 13.1. The lowest BCUT2D eigenvalue weighted by Crippen LogP contribution is -2.47. The van der Waals surface area contributed by atoms with Gasteiger partial charge in [0, 0.05) is 16.9 Å². The summed E-state index contributed by atoms with van der Waals surface area (Å²) in [5, 5.41) is 11.0. The van der Waals surface area contributed by atoms with Crippen molar-refractivity contribution in [1.29, 1.82) is 0 Å². The maximum absolute atomic E-state index is 12.9. The standard InChI is InChI=1S/C23H43NO7Si/c1-11-23(12-2)28-17(18(29-23)19(21(3,4)5)31-32(9)10)15-16(13-14-24(26)27)20(25)30-22(6,7)8/h15,17-19,32H,11-14H2,1-10H3. The van der Waals surface area contributed by atoms with Gasteiger partial charge in [0.15, 0.2) is 14.8 Å². The summed E-state index contributed by atoms with van der Waals surface area (Å²) in [6, 6.07) is 0. The van der Waals surface area contributed by atoms with E-state index >= 15 is 0 Å². The van der Waals surface area contributed by atoms with Gasteiger partial charge in [-0.3, -0.25) is 10.1 Å². The van der Waals surface area contributed by atoms with E-state index in [-0.39, 0.29) is 30.1 Å². The van der Waals surface area contributed by atoms with Crippen molar-refractivity contribution in [2.24, 2.45) is 5.41 Å². The van der Waals surface area contributed by atoms with Crippen molar-refractivity contribution in [3.63, 3.8) is 0 Å². The lowest BCUT2D eigenvalue weighted by Gasteiger charge is -2.38. The van der Waals surface area contributed by atoms with Crippen LogP contribution >= 0.6 is 0 Å². The maximum atomic E-state index is 12.9. The Morgan fingerprint density at radius 3 is 2.12 bits per heavy atom. The lowest BCUT2D eigenvalue weighted by atomic mass is 9.84. The first-order valence-corrected chi connectivity index (χ1v) is 14.4. The molecule has 0 N–H and O–H groups in total. The van der Waals surface area contributed by atoms with Crippen LogP contribution in [0.5, 0.6) is 0 Å². The molecule has 186 valence electrons. The largest absolute Gasteiger partial charge is 0.457 e. The van der Waals surface area contributed by atoms with E-state index in [9.17, 15) is 14.9 Å². The van der Waals surface area contributed by atoms with Crippen LogP contribution in [0.15, 0.2) is 11.6 Å². The summed E-state index contributed by atoms with van der Waals surface area (Å²) in [7, 11) is -1.42. The van der Waals surface area contributed by atoms with Crippen LogP contribution in [0.1, 0.15) is 74.7 Å². The summed E-state index contributed by atoms with van der Waals surface area (Å²) >= 11 is 0. The highest BCUT2D eigenvalue weighted by atomic mass is 28.3. The number of carbonyl (C=O) groups is 1. The molecule has 1 rings (SSSR count). The molecule has 1 aliphatic rings. The highest BCUT2D eigenvalue weighted by Crippen LogP contribution is 2.41. The van der Waals surface area contributed by atoms with Gasteiger partial charge in [0.25, 0.3) is 0 Å². The molecule has 1 saturated heterocycles. The van der Waals surface area contributed by atoms with Gasteiger partial charge in [-0.15, -0.1) is 0 Å². The average Bonchev–Trinajstić information content (AvgIpc) is 2.99. The van der Waals surface area contributed by atoms with Gasteiger partial charge in [-0.05, 0) is 58.2 Å². The van der Waals surface area contributed by atoms with Crippen molar-refractivity contribution in [2.75, 3.05) is 6.54 Å². The molecule has 0 spiro atoms. The zero-order valence-corrected chi connectivity index (χ0v) is 22.7. The van der Waals surface area contributed by atoms with E-state index in [1.165, 1.54) is 0 Å². The van der Waals surface area contributed by atoms with E-state index in [0.29, 0.717) is 12.8 Å². The Hall–Kier alpha value is -1.29. The molecule has 1 fully saturated rings. The van der Waals surface area contributed by atoms with Crippen molar-refractivity contribution >= 4 is 15.0 Å². The Bertz CT molecular complexity index is 675. The van der Waals surface area contributed by atoms with E-state index in [4.69, 9.17) is 18.6 Å². The third-order valence-electron chi connectivity index (χ3n) is 5.26. The maximum Gasteiger partial charge on any atom is 0.334 e. The summed E-state index contributed by atoms with van der Waals surface area (Å²) in [5.74, 6) is -1.36. The first kappa shape index (κ1) is 28.7. The van der Waals surface area contributed by atoms with Crippen LogP contribution in [0.2, 0.25) is 13.1 Å². The Labute approximate surface area is 194 Å². The van der Waals surface area contributed by atoms with E-state index in [0.717, 1.165) is 0 Å².